The molecule has 1 heterocycles. The minimum Gasteiger partial charge on any atom is -0.462 e. The van der Waals surface area contributed by atoms with Gasteiger partial charge < -0.3 is 14.8 Å². The van der Waals surface area contributed by atoms with Gasteiger partial charge in [-0.25, -0.2) is 9.59 Å². The third-order valence-corrected chi connectivity index (χ3v) is 3.01. The first kappa shape index (κ1) is 16.5. The van der Waals surface area contributed by atoms with E-state index < -0.39 is 11.8 Å². The van der Waals surface area contributed by atoms with Crippen molar-refractivity contribution in [1.29, 1.82) is 0 Å². The summed E-state index contributed by atoms with van der Waals surface area (Å²) in [7, 11) is 0. The maximum atomic E-state index is 11.7. The number of anilines is 1. The van der Waals surface area contributed by atoms with E-state index in [0.29, 0.717) is 17.9 Å². The Morgan fingerprint density at radius 3 is 2.57 bits per heavy atom. The van der Waals surface area contributed by atoms with E-state index in [1.807, 2.05) is 6.92 Å². The fraction of sp³-hybridized carbons (Fsp3) is 0.235. The number of cyclic esters (lactones) is 1. The van der Waals surface area contributed by atoms with E-state index in [-0.39, 0.29) is 17.3 Å². The lowest BCUT2D eigenvalue weighted by molar-refractivity contribution is -0.137. The summed E-state index contributed by atoms with van der Waals surface area (Å²) >= 11 is 0. The largest absolute Gasteiger partial charge is 0.462 e. The van der Waals surface area contributed by atoms with Crippen LogP contribution in [0.1, 0.15) is 30.6 Å². The van der Waals surface area contributed by atoms with Crippen LogP contribution in [0.3, 0.4) is 0 Å². The highest BCUT2D eigenvalue weighted by atomic mass is 16.5. The summed E-state index contributed by atoms with van der Waals surface area (Å²) in [6, 6.07) is 6.51. The number of rotatable bonds is 5. The lowest BCUT2D eigenvalue weighted by Crippen LogP contribution is -2.20. The maximum absolute atomic E-state index is 11.7. The number of carbonyl (C=O) groups excluding carboxylic acids is 3. The summed E-state index contributed by atoms with van der Waals surface area (Å²) in [5, 5.41) is 2.83. The van der Waals surface area contributed by atoms with Gasteiger partial charge in [0.25, 0.3) is 0 Å². The van der Waals surface area contributed by atoms with Crippen LogP contribution >= 0.6 is 0 Å². The summed E-state index contributed by atoms with van der Waals surface area (Å²) in [5.74, 6) is -1.22. The molecule has 0 aliphatic carbocycles. The maximum Gasteiger partial charge on any atom is 0.348 e. The zero-order valence-electron chi connectivity index (χ0n) is 12.9. The average Bonchev–Trinajstić information content (AvgIpc) is 2.52. The number of allylic oxidation sites excluding steroid dienone is 2. The summed E-state index contributed by atoms with van der Waals surface area (Å²) < 4.78 is 9.90. The first-order valence-corrected chi connectivity index (χ1v) is 7.20. The molecule has 0 fully saturated rings. The Hall–Kier alpha value is -2.89. The van der Waals surface area contributed by atoms with Crippen LogP contribution < -0.4 is 5.32 Å². The van der Waals surface area contributed by atoms with Gasteiger partial charge in [0, 0.05) is 18.0 Å². The van der Waals surface area contributed by atoms with Gasteiger partial charge in [-0.15, -0.1) is 0 Å². The zero-order chi connectivity index (χ0) is 16.8. The van der Waals surface area contributed by atoms with Crippen molar-refractivity contribution in [1.82, 2.24) is 0 Å². The molecule has 0 spiro atoms. The number of nitrogens with one attached hydrogen (secondary N) is 1. The first-order chi connectivity index (χ1) is 11.0. The van der Waals surface area contributed by atoms with Crippen molar-refractivity contribution >= 4 is 23.4 Å². The first-order valence-electron chi connectivity index (χ1n) is 7.20. The molecule has 1 aromatic rings. The number of benzene rings is 1. The minimum absolute atomic E-state index is 0.0815. The molecular formula is C17H17NO5. The predicted molar refractivity (Wildman–Crippen MR) is 83.6 cm³/mol. The van der Waals surface area contributed by atoms with Crippen LogP contribution in [-0.4, -0.2) is 24.3 Å². The Labute approximate surface area is 133 Å². The Kier molecular flexibility index (Phi) is 5.30. The standard InChI is InChI=1S/C17H17NO5/c1-3-8-22-16(20)12-4-6-13(7-5-12)18-10-14-15(19)9-11(2)23-17(14)21/h4-7,9-10,18H,3,8H2,1-2H3. The Morgan fingerprint density at radius 2 is 1.96 bits per heavy atom. The van der Waals surface area contributed by atoms with Crippen molar-refractivity contribution in [2.45, 2.75) is 20.3 Å². The number of carbonyl (C=O) groups is 3. The highest BCUT2D eigenvalue weighted by molar-refractivity contribution is 6.23. The van der Waals surface area contributed by atoms with Gasteiger partial charge in [0.05, 0.1) is 12.2 Å². The molecule has 0 saturated carbocycles. The van der Waals surface area contributed by atoms with Gasteiger partial charge in [0.1, 0.15) is 11.3 Å². The molecule has 0 saturated heterocycles. The minimum atomic E-state index is -0.692. The third-order valence-electron chi connectivity index (χ3n) is 3.01. The van der Waals surface area contributed by atoms with E-state index in [1.165, 1.54) is 19.2 Å². The SMILES string of the molecule is CCCOC(=O)c1ccc(NC=C2C(=O)C=C(C)OC2=O)cc1. The molecule has 0 atom stereocenters. The second kappa shape index (κ2) is 7.40. The molecule has 0 amide bonds. The van der Waals surface area contributed by atoms with E-state index in [0.717, 1.165) is 6.42 Å². The van der Waals surface area contributed by atoms with E-state index in [4.69, 9.17) is 9.47 Å². The summed E-state index contributed by atoms with van der Waals surface area (Å²) in [6.45, 7) is 3.83. The highest BCUT2D eigenvalue weighted by Gasteiger charge is 2.23. The molecule has 6 heteroatoms. The molecule has 23 heavy (non-hydrogen) atoms. The Bertz CT molecular complexity index is 685. The predicted octanol–water partition coefficient (Wildman–Crippen LogP) is 2.58. The van der Waals surface area contributed by atoms with Crippen LogP contribution in [-0.2, 0) is 19.1 Å². The lowest BCUT2D eigenvalue weighted by atomic mass is 10.1. The van der Waals surface area contributed by atoms with Gasteiger partial charge >= 0.3 is 11.9 Å². The fourth-order valence-corrected chi connectivity index (χ4v) is 1.86. The van der Waals surface area contributed by atoms with Crippen LogP contribution in [0.5, 0.6) is 0 Å². The molecule has 120 valence electrons. The molecule has 6 nitrogen and oxygen atoms in total. The molecule has 1 aliphatic rings. The molecule has 0 radical (unpaired) electrons. The third kappa shape index (κ3) is 4.29. The van der Waals surface area contributed by atoms with E-state index >= 15 is 0 Å². The monoisotopic (exact) mass is 315 g/mol. The van der Waals surface area contributed by atoms with E-state index in [2.05, 4.69) is 5.32 Å². The Balaban J connectivity index is 2.04. The Morgan fingerprint density at radius 1 is 1.26 bits per heavy atom. The van der Waals surface area contributed by atoms with Crippen molar-refractivity contribution in [3.63, 3.8) is 0 Å². The van der Waals surface area contributed by atoms with Crippen molar-refractivity contribution in [3.05, 3.63) is 53.4 Å². The molecule has 1 aromatic carbocycles. The number of ketones is 1. The van der Waals surface area contributed by atoms with Crippen LogP contribution in [0.25, 0.3) is 0 Å². The number of hydrogen-bond acceptors (Lipinski definition) is 6. The second-order valence-corrected chi connectivity index (χ2v) is 4.92. The fourth-order valence-electron chi connectivity index (χ4n) is 1.86. The average molecular weight is 315 g/mol. The topological polar surface area (TPSA) is 81.7 Å². The number of hydrogen-bond donors (Lipinski definition) is 1. The molecule has 0 unspecified atom stereocenters. The molecule has 0 bridgehead atoms. The van der Waals surface area contributed by atoms with Gasteiger partial charge in [0.15, 0.2) is 5.78 Å². The number of ether oxygens (including phenoxy) is 2. The molecule has 1 aliphatic heterocycles. The quantitative estimate of drug-likeness (QED) is 0.511. The summed E-state index contributed by atoms with van der Waals surface area (Å²) in [6.07, 6.45) is 3.30. The lowest BCUT2D eigenvalue weighted by Gasteiger charge is -2.12. The summed E-state index contributed by atoms with van der Waals surface area (Å²) in [4.78, 5) is 35.0. The van der Waals surface area contributed by atoms with Gasteiger partial charge in [-0.05, 0) is 37.6 Å². The van der Waals surface area contributed by atoms with Gasteiger partial charge in [-0.2, -0.15) is 0 Å². The highest BCUT2D eigenvalue weighted by Crippen LogP contribution is 2.15. The van der Waals surface area contributed by atoms with Crippen LogP contribution in [0, 0.1) is 0 Å². The second-order valence-electron chi connectivity index (χ2n) is 4.92. The van der Waals surface area contributed by atoms with E-state index in [9.17, 15) is 14.4 Å². The molecule has 1 N–H and O–H groups in total. The van der Waals surface area contributed by atoms with Crippen LogP contribution in [0.4, 0.5) is 5.69 Å². The van der Waals surface area contributed by atoms with Crippen LogP contribution in [0.2, 0.25) is 0 Å². The molecule has 0 aromatic heterocycles. The van der Waals surface area contributed by atoms with Gasteiger partial charge in [0.2, 0.25) is 0 Å². The summed E-state index contributed by atoms with van der Waals surface area (Å²) in [5.41, 5.74) is 0.974. The van der Waals surface area contributed by atoms with Gasteiger partial charge in [-0.1, -0.05) is 6.92 Å². The van der Waals surface area contributed by atoms with Crippen molar-refractivity contribution < 1.29 is 23.9 Å². The zero-order valence-corrected chi connectivity index (χ0v) is 12.9. The van der Waals surface area contributed by atoms with E-state index in [1.54, 1.807) is 24.3 Å². The van der Waals surface area contributed by atoms with Gasteiger partial charge in [-0.3, -0.25) is 4.79 Å². The number of esters is 2. The van der Waals surface area contributed by atoms with Crippen LogP contribution in [0.15, 0.2) is 47.9 Å². The normalized spacial score (nSPS) is 15.9. The van der Waals surface area contributed by atoms with Crippen molar-refractivity contribution in [2.75, 3.05) is 11.9 Å². The molecule has 2 rings (SSSR count). The van der Waals surface area contributed by atoms with Crippen molar-refractivity contribution in [2.24, 2.45) is 0 Å². The molecular weight excluding hydrogens is 298 g/mol. The van der Waals surface area contributed by atoms with Crippen molar-refractivity contribution in [3.8, 4) is 0 Å². The smallest absolute Gasteiger partial charge is 0.348 e.